The number of ether oxygens (including phenoxy) is 1. The number of carbonyl (C=O) groups excluding carboxylic acids is 1. The zero-order valence-electron chi connectivity index (χ0n) is 19.7. The maximum Gasteiger partial charge on any atom is 0.412 e. The molecule has 7 nitrogen and oxygen atoms in total. The first-order valence-electron chi connectivity index (χ1n) is 11.8. The number of aliphatic carboxylic acids is 1. The highest BCUT2D eigenvalue weighted by Crippen LogP contribution is 2.48. The summed E-state index contributed by atoms with van der Waals surface area (Å²) in [6.07, 6.45) is 1.14. The van der Waals surface area contributed by atoms with Gasteiger partial charge in [-0.3, -0.25) is 10.1 Å². The lowest BCUT2D eigenvalue weighted by molar-refractivity contribution is -0.140. The van der Waals surface area contributed by atoms with Crippen LogP contribution < -0.4 is 5.32 Å². The molecule has 5 rings (SSSR count). The second-order valence-corrected chi connectivity index (χ2v) is 9.58. The van der Waals surface area contributed by atoms with Crippen LogP contribution >= 0.6 is 11.5 Å². The summed E-state index contributed by atoms with van der Waals surface area (Å²) >= 11 is 1.09. The topological polar surface area (TPSA) is 101 Å². The number of carboxylic acids is 1. The van der Waals surface area contributed by atoms with E-state index in [1.807, 2.05) is 85.8 Å². The number of aromatic nitrogens is 2. The van der Waals surface area contributed by atoms with E-state index in [0.29, 0.717) is 30.0 Å². The first-order valence-corrected chi connectivity index (χ1v) is 12.6. The van der Waals surface area contributed by atoms with Crippen molar-refractivity contribution in [1.82, 2.24) is 9.59 Å². The molecule has 0 unspecified atom stereocenters. The Kier molecular flexibility index (Phi) is 6.52. The third kappa shape index (κ3) is 4.72. The van der Waals surface area contributed by atoms with Crippen LogP contribution in [0.2, 0.25) is 0 Å². The van der Waals surface area contributed by atoms with E-state index in [9.17, 15) is 14.7 Å². The predicted octanol–water partition coefficient (Wildman–Crippen LogP) is 6.69. The molecule has 0 spiro atoms. The highest BCUT2D eigenvalue weighted by Gasteiger charge is 2.51. The van der Waals surface area contributed by atoms with E-state index in [1.165, 1.54) is 0 Å². The molecule has 182 valence electrons. The monoisotopic (exact) mass is 499 g/mol. The first-order chi connectivity index (χ1) is 17.5. The molecule has 1 fully saturated rings. The fourth-order valence-corrected chi connectivity index (χ4v) is 4.90. The Morgan fingerprint density at radius 2 is 1.58 bits per heavy atom. The van der Waals surface area contributed by atoms with Crippen LogP contribution in [-0.2, 0) is 14.9 Å². The molecule has 1 aliphatic carbocycles. The third-order valence-corrected chi connectivity index (χ3v) is 7.22. The summed E-state index contributed by atoms with van der Waals surface area (Å²) in [6.45, 7) is 1.97. The first kappa shape index (κ1) is 23.7. The Balaban J connectivity index is 1.27. The molecule has 1 aromatic heterocycles. The number of nitrogens with one attached hydrogen (secondary N) is 1. The minimum atomic E-state index is -0.755. The van der Waals surface area contributed by atoms with Gasteiger partial charge in [-0.05, 0) is 41.5 Å². The van der Waals surface area contributed by atoms with Gasteiger partial charge >= 0.3 is 12.1 Å². The van der Waals surface area contributed by atoms with E-state index < -0.39 is 17.5 Å². The predicted molar refractivity (Wildman–Crippen MR) is 139 cm³/mol. The lowest BCUT2D eigenvalue weighted by Crippen LogP contribution is -2.19. The maximum atomic E-state index is 12.6. The second-order valence-electron chi connectivity index (χ2n) is 8.83. The average Bonchev–Trinajstić information content (AvgIpc) is 3.61. The molecule has 1 aliphatic rings. The molecule has 1 heterocycles. The van der Waals surface area contributed by atoms with Gasteiger partial charge in [-0.25, -0.2) is 4.79 Å². The Labute approximate surface area is 212 Å². The minimum Gasteiger partial charge on any atom is -0.481 e. The highest BCUT2D eigenvalue weighted by molar-refractivity contribution is 7.10. The van der Waals surface area contributed by atoms with E-state index >= 15 is 0 Å². The second kappa shape index (κ2) is 9.91. The number of nitrogens with zero attached hydrogens (tertiary/aromatic N) is 2. The lowest BCUT2D eigenvalue weighted by Gasteiger charge is -2.16. The third-order valence-electron chi connectivity index (χ3n) is 6.58. The fraction of sp³-hybridized carbons (Fsp3) is 0.214. The highest BCUT2D eigenvalue weighted by atomic mass is 32.1. The van der Waals surface area contributed by atoms with Crippen molar-refractivity contribution in [3.05, 3.63) is 90.0 Å². The summed E-state index contributed by atoms with van der Waals surface area (Å²) in [7, 11) is 0. The van der Waals surface area contributed by atoms with E-state index in [2.05, 4.69) is 14.9 Å². The molecule has 0 saturated heterocycles. The number of carboxylic acid groups (broad SMARTS) is 1. The molecule has 1 saturated carbocycles. The molecule has 1 atom stereocenters. The molecule has 3 aromatic carbocycles. The molecular weight excluding hydrogens is 474 g/mol. The zero-order chi connectivity index (χ0) is 25.1. The molecular formula is C28H25N3O4S. The Morgan fingerprint density at radius 1 is 0.972 bits per heavy atom. The number of amides is 1. The van der Waals surface area contributed by atoms with Gasteiger partial charge in [0, 0.05) is 17.1 Å². The van der Waals surface area contributed by atoms with Gasteiger partial charge < -0.3 is 9.84 Å². The van der Waals surface area contributed by atoms with Gasteiger partial charge in [0.15, 0.2) is 0 Å². The number of benzene rings is 3. The van der Waals surface area contributed by atoms with Gasteiger partial charge in [0.05, 0.1) is 5.41 Å². The molecule has 0 aliphatic heterocycles. The van der Waals surface area contributed by atoms with Crippen LogP contribution in [-0.4, -0.2) is 26.8 Å². The van der Waals surface area contributed by atoms with Crippen LogP contribution in [0.15, 0.2) is 78.9 Å². The van der Waals surface area contributed by atoms with Gasteiger partial charge in [0.25, 0.3) is 0 Å². The van der Waals surface area contributed by atoms with Crippen LogP contribution in [0.4, 0.5) is 9.80 Å². The van der Waals surface area contributed by atoms with Crippen LogP contribution in [0.5, 0.6) is 0 Å². The Bertz CT molecular complexity index is 1360. The largest absolute Gasteiger partial charge is 0.481 e. The van der Waals surface area contributed by atoms with E-state index in [4.69, 9.17) is 4.74 Å². The smallest absolute Gasteiger partial charge is 0.412 e. The summed E-state index contributed by atoms with van der Waals surface area (Å²) in [5.41, 5.74) is 4.47. The summed E-state index contributed by atoms with van der Waals surface area (Å²) < 4.78 is 9.66. The normalized spacial score (nSPS) is 14.6. The van der Waals surface area contributed by atoms with Gasteiger partial charge in [-0.1, -0.05) is 90.3 Å². The summed E-state index contributed by atoms with van der Waals surface area (Å²) in [5.74, 6) is -0.755. The van der Waals surface area contributed by atoms with Crippen molar-refractivity contribution >= 4 is 28.6 Å². The summed E-state index contributed by atoms with van der Waals surface area (Å²) in [6, 6.07) is 25.1. The van der Waals surface area contributed by atoms with Crippen LogP contribution in [0.1, 0.15) is 43.4 Å². The molecule has 1 amide bonds. The van der Waals surface area contributed by atoms with Gasteiger partial charge in [0.2, 0.25) is 0 Å². The maximum absolute atomic E-state index is 12.6. The van der Waals surface area contributed by atoms with Crippen LogP contribution in [0.25, 0.3) is 22.4 Å². The SMILES string of the molecule is CC[C@@H](OC(=O)Nc1snnc1-c1ccc(-c2ccc(C3(C(=O)O)CC3)cc2)cc1)c1ccccc1. The van der Waals surface area contributed by atoms with Crippen molar-refractivity contribution in [2.45, 2.75) is 37.7 Å². The van der Waals surface area contributed by atoms with Gasteiger partial charge in [-0.2, -0.15) is 0 Å². The number of carbonyl (C=O) groups is 2. The van der Waals surface area contributed by atoms with Crippen molar-refractivity contribution in [2.75, 3.05) is 5.32 Å². The van der Waals surface area contributed by atoms with Crippen LogP contribution in [0, 0.1) is 0 Å². The van der Waals surface area contributed by atoms with Crippen molar-refractivity contribution in [3.8, 4) is 22.4 Å². The number of hydrogen-bond donors (Lipinski definition) is 2. The zero-order valence-corrected chi connectivity index (χ0v) is 20.5. The van der Waals surface area contributed by atoms with E-state index in [-0.39, 0.29) is 6.10 Å². The molecule has 8 heteroatoms. The quantitative estimate of drug-likeness (QED) is 0.280. The Morgan fingerprint density at radius 3 is 2.17 bits per heavy atom. The Hall–Kier alpha value is -4.04. The minimum absolute atomic E-state index is 0.341. The molecule has 0 bridgehead atoms. The molecule has 4 aromatic rings. The van der Waals surface area contributed by atoms with Crippen molar-refractivity contribution in [1.29, 1.82) is 0 Å². The molecule has 0 radical (unpaired) electrons. The van der Waals surface area contributed by atoms with Crippen LogP contribution in [0.3, 0.4) is 0 Å². The van der Waals surface area contributed by atoms with Crippen molar-refractivity contribution < 1.29 is 19.4 Å². The number of rotatable bonds is 8. The number of hydrogen-bond acceptors (Lipinski definition) is 6. The van der Waals surface area contributed by atoms with Gasteiger partial charge in [0.1, 0.15) is 16.8 Å². The molecule has 36 heavy (non-hydrogen) atoms. The van der Waals surface area contributed by atoms with Crippen molar-refractivity contribution in [3.63, 3.8) is 0 Å². The standard InChI is InChI=1S/C28H25N3O4S/c1-2-23(20-6-4-3-5-7-20)35-27(34)29-25-24(30-31-36-25)21-10-8-18(9-11-21)19-12-14-22(15-13-19)28(16-17-28)26(32)33/h3-15,23H,2,16-17H2,1H3,(H,29,34)(H,32,33)/t23-/m1/s1. The fourth-order valence-electron chi connectivity index (χ4n) is 4.32. The lowest BCUT2D eigenvalue weighted by atomic mass is 9.93. The number of anilines is 1. The van der Waals surface area contributed by atoms with Gasteiger partial charge in [-0.15, -0.1) is 5.10 Å². The summed E-state index contributed by atoms with van der Waals surface area (Å²) in [5, 5.41) is 17.0. The van der Waals surface area contributed by atoms with Crippen molar-refractivity contribution in [2.24, 2.45) is 0 Å². The van der Waals surface area contributed by atoms with E-state index in [1.54, 1.807) is 0 Å². The van der Waals surface area contributed by atoms with E-state index in [0.717, 1.165) is 39.3 Å². The average molecular weight is 500 g/mol. The molecule has 2 N–H and O–H groups in total. The summed E-state index contributed by atoms with van der Waals surface area (Å²) in [4.78, 5) is 24.2.